The summed E-state index contributed by atoms with van der Waals surface area (Å²) in [5, 5.41) is 10.1. The largest absolute Gasteiger partial charge is 0.468 e. The molecular formula is C20H22N4O2. The minimum Gasteiger partial charge on any atom is -0.468 e. The van der Waals surface area contributed by atoms with E-state index in [9.17, 15) is 4.79 Å². The van der Waals surface area contributed by atoms with Crippen LogP contribution in [0.1, 0.15) is 35.0 Å². The van der Waals surface area contributed by atoms with E-state index in [0.29, 0.717) is 12.1 Å². The van der Waals surface area contributed by atoms with Gasteiger partial charge in [-0.05, 0) is 38.1 Å². The Morgan fingerprint density at radius 3 is 2.73 bits per heavy atom. The number of benzene rings is 1. The first-order valence-electron chi connectivity index (χ1n) is 8.97. The van der Waals surface area contributed by atoms with Gasteiger partial charge in [0, 0.05) is 12.1 Å². The number of nitrogens with one attached hydrogen (secondary N) is 2. The standard InChI is InChI=1S/C20H22N4O2/c25-20(16-13-22-23-19(16)15-7-2-1-3-8-15)21-14-17(18-9-6-12-26-18)24-10-4-5-11-24/h1-3,6-9,12-13,17H,4-5,10-11,14H2,(H,21,25)(H,22,23)/t17-/m0/s1. The van der Waals surface area contributed by atoms with Crippen molar-refractivity contribution in [3.63, 3.8) is 0 Å². The quantitative estimate of drug-likeness (QED) is 0.716. The van der Waals surface area contributed by atoms with E-state index >= 15 is 0 Å². The normalized spacial score (nSPS) is 15.8. The molecule has 0 radical (unpaired) electrons. The Morgan fingerprint density at radius 2 is 2.00 bits per heavy atom. The molecular weight excluding hydrogens is 328 g/mol. The van der Waals surface area contributed by atoms with Gasteiger partial charge in [0.05, 0.1) is 29.8 Å². The predicted octanol–water partition coefficient (Wildman–Crippen LogP) is 3.24. The molecule has 0 aliphatic carbocycles. The van der Waals surface area contributed by atoms with Gasteiger partial charge in [0.25, 0.3) is 5.91 Å². The zero-order valence-corrected chi connectivity index (χ0v) is 14.5. The maximum Gasteiger partial charge on any atom is 0.255 e. The Kier molecular flexibility index (Phi) is 4.84. The van der Waals surface area contributed by atoms with Crippen molar-refractivity contribution in [3.05, 3.63) is 66.2 Å². The summed E-state index contributed by atoms with van der Waals surface area (Å²) < 4.78 is 5.61. The van der Waals surface area contributed by atoms with Crippen molar-refractivity contribution in [1.29, 1.82) is 0 Å². The fraction of sp³-hybridized carbons (Fsp3) is 0.300. The van der Waals surface area contributed by atoms with E-state index < -0.39 is 0 Å². The van der Waals surface area contributed by atoms with Crippen molar-refractivity contribution < 1.29 is 9.21 Å². The molecule has 2 aromatic heterocycles. The lowest BCUT2D eigenvalue weighted by molar-refractivity contribution is 0.0934. The van der Waals surface area contributed by atoms with Crippen LogP contribution in [0, 0.1) is 0 Å². The minimum atomic E-state index is -0.131. The number of aromatic amines is 1. The van der Waals surface area contributed by atoms with Gasteiger partial charge in [-0.3, -0.25) is 14.8 Å². The van der Waals surface area contributed by atoms with Crippen LogP contribution in [0.25, 0.3) is 11.3 Å². The molecule has 4 rings (SSSR count). The average molecular weight is 350 g/mol. The third-order valence-corrected chi connectivity index (χ3v) is 4.86. The van der Waals surface area contributed by atoms with Crippen LogP contribution in [-0.2, 0) is 0 Å². The summed E-state index contributed by atoms with van der Waals surface area (Å²) >= 11 is 0. The Labute approximate surface area is 152 Å². The van der Waals surface area contributed by atoms with Gasteiger partial charge in [0.1, 0.15) is 5.76 Å². The van der Waals surface area contributed by atoms with Crippen molar-refractivity contribution in [1.82, 2.24) is 20.4 Å². The van der Waals surface area contributed by atoms with Crippen molar-refractivity contribution in [2.24, 2.45) is 0 Å². The zero-order chi connectivity index (χ0) is 17.8. The van der Waals surface area contributed by atoms with Gasteiger partial charge in [-0.2, -0.15) is 5.10 Å². The molecule has 0 bridgehead atoms. The van der Waals surface area contributed by atoms with Gasteiger partial charge < -0.3 is 9.73 Å². The van der Waals surface area contributed by atoms with Crippen molar-refractivity contribution in [2.75, 3.05) is 19.6 Å². The van der Waals surface area contributed by atoms with E-state index in [4.69, 9.17) is 4.42 Å². The third kappa shape index (κ3) is 3.41. The molecule has 0 saturated carbocycles. The van der Waals surface area contributed by atoms with Crippen LogP contribution in [0.3, 0.4) is 0 Å². The van der Waals surface area contributed by atoms with E-state index in [0.717, 1.165) is 30.1 Å². The maximum absolute atomic E-state index is 12.8. The second-order valence-electron chi connectivity index (χ2n) is 6.51. The van der Waals surface area contributed by atoms with Gasteiger partial charge in [-0.1, -0.05) is 30.3 Å². The SMILES string of the molecule is O=C(NC[C@@H](c1ccco1)N1CCCC1)c1cn[nH]c1-c1ccccc1. The first-order chi connectivity index (χ1) is 12.8. The summed E-state index contributed by atoms with van der Waals surface area (Å²) in [5.41, 5.74) is 2.23. The number of carbonyl (C=O) groups excluding carboxylic acids is 1. The molecule has 1 aliphatic rings. The lowest BCUT2D eigenvalue weighted by atomic mass is 10.1. The van der Waals surface area contributed by atoms with E-state index in [1.807, 2.05) is 42.5 Å². The molecule has 3 heterocycles. The van der Waals surface area contributed by atoms with Crippen LogP contribution in [0.5, 0.6) is 0 Å². The van der Waals surface area contributed by atoms with Gasteiger partial charge in [0.2, 0.25) is 0 Å². The number of rotatable bonds is 6. The predicted molar refractivity (Wildman–Crippen MR) is 98.6 cm³/mol. The Hall–Kier alpha value is -2.86. The summed E-state index contributed by atoms with van der Waals surface area (Å²) in [4.78, 5) is 15.1. The van der Waals surface area contributed by atoms with Crippen LogP contribution in [0.2, 0.25) is 0 Å². The summed E-state index contributed by atoms with van der Waals surface area (Å²) in [6.07, 6.45) is 5.63. The topological polar surface area (TPSA) is 74.2 Å². The first-order valence-corrected chi connectivity index (χ1v) is 8.97. The number of furan rings is 1. The van der Waals surface area contributed by atoms with Crippen LogP contribution >= 0.6 is 0 Å². The molecule has 2 N–H and O–H groups in total. The minimum absolute atomic E-state index is 0.0588. The molecule has 1 atom stereocenters. The molecule has 1 fully saturated rings. The fourth-order valence-electron chi connectivity index (χ4n) is 3.51. The summed E-state index contributed by atoms with van der Waals surface area (Å²) in [6.45, 7) is 2.57. The summed E-state index contributed by atoms with van der Waals surface area (Å²) in [7, 11) is 0. The van der Waals surface area contributed by atoms with Crippen molar-refractivity contribution >= 4 is 5.91 Å². The van der Waals surface area contributed by atoms with E-state index in [-0.39, 0.29) is 11.9 Å². The lowest BCUT2D eigenvalue weighted by Crippen LogP contribution is -2.36. The molecule has 134 valence electrons. The first kappa shape index (κ1) is 16.6. The highest BCUT2D eigenvalue weighted by molar-refractivity contribution is 5.99. The smallest absolute Gasteiger partial charge is 0.255 e. The van der Waals surface area contributed by atoms with Crippen LogP contribution in [-0.4, -0.2) is 40.6 Å². The highest BCUT2D eigenvalue weighted by atomic mass is 16.3. The molecule has 1 aliphatic heterocycles. The summed E-state index contributed by atoms with van der Waals surface area (Å²) in [6, 6.07) is 13.7. The average Bonchev–Trinajstić information content (AvgIpc) is 3.44. The number of amides is 1. The highest BCUT2D eigenvalue weighted by Crippen LogP contribution is 2.25. The molecule has 3 aromatic rings. The third-order valence-electron chi connectivity index (χ3n) is 4.86. The van der Waals surface area contributed by atoms with Crippen LogP contribution in [0.15, 0.2) is 59.3 Å². The molecule has 0 unspecified atom stereocenters. The van der Waals surface area contributed by atoms with E-state index in [2.05, 4.69) is 20.4 Å². The number of nitrogens with zero attached hydrogens (tertiary/aromatic N) is 2. The molecule has 26 heavy (non-hydrogen) atoms. The molecule has 1 amide bonds. The van der Waals surface area contributed by atoms with Gasteiger partial charge in [-0.15, -0.1) is 0 Å². The van der Waals surface area contributed by atoms with Gasteiger partial charge in [-0.25, -0.2) is 0 Å². The second kappa shape index (κ2) is 7.58. The maximum atomic E-state index is 12.8. The number of H-pyrrole nitrogens is 1. The molecule has 1 saturated heterocycles. The van der Waals surface area contributed by atoms with Crippen LogP contribution in [0.4, 0.5) is 0 Å². The monoisotopic (exact) mass is 350 g/mol. The van der Waals surface area contributed by atoms with Crippen molar-refractivity contribution in [3.8, 4) is 11.3 Å². The van der Waals surface area contributed by atoms with E-state index in [1.165, 1.54) is 12.8 Å². The lowest BCUT2D eigenvalue weighted by Gasteiger charge is -2.26. The molecule has 0 spiro atoms. The Balaban J connectivity index is 1.49. The Morgan fingerprint density at radius 1 is 1.19 bits per heavy atom. The number of hydrogen-bond acceptors (Lipinski definition) is 4. The van der Waals surface area contributed by atoms with Crippen LogP contribution < -0.4 is 5.32 Å². The number of carbonyl (C=O) groups is 1. The highest BCUT2D eigenvalue weighted by Gasteiger charge is 2.26. The second-order valence-corrected chi connectivity index (χ2v) is 6.51. The van der Waals surface area contributed by atoms with Gasteiger partial charge >= 0.3 is 0 Å². The van der Waals surface area contributed by atoms with Gasteiger partial charge in [0.15, 0.2) is 0 Å². The molecule has 6 heteroatoms. The van der Waals surface area contributed by atoms with E-state index in [1.54, 1.807) is 12.5 Å². The number of aromatic nitrogens is 2. The number of hydrogen-bond donors (Lipinski definition) is 2. The van der Waals surface area contributed by atoms with Crippen molar-refractivity contribution in [2.45, 2.75) is 18.9 Å². The zero-order valence-electron chi connectivity index (χ0n) is 14.5. The Bertz CT molecular complexity index is 836. The molecule has 1 aromatic carbocycles. The number of likely N-dealkylation sites (tertiary alicyclic amines) is 1. The summed E-state index contributed by atoms with van der Waals surface area (Å²) in [5.74, 6) is 0.760. The molecule has 6 nitrogen and oxygen atoms in total. The fourth-order valence-corrected chi connectivity index (χ4v) is 3.51.